The molecule has 1 aliphatic heterocycles. The van der Waals surface area contributed by atoms with E-state index in [1.54, 1.807) is 0 Å². The molecule has 3 N–H and O–H groups in total. The van der Waals surface area contributed by atoms with Gasteiger partial charge in [-0.25, -0.2) is 0 Å². The minimum atomic E-state index is -0.642. The van der Waals surface area contributed by atoms with Gasteiger partial charge in [0.15, 0.2) is 0 Å². The summed E-state index contributed by atoms with van der Waals surface area (Å²) < 4.78 is 0. The van der Waals surface area contributed by atoms with Crippen LogP contribution in [0.15, 0.2) is 0 Å². The molecule has 4 nitrogen and oxygen atoms in total. The molecule has 2 fully saturated rings. The number of rotatable bonds is 1. The fraction of sp³-hybridized carbons (Fsp3) is 0.900. The quantitative estimate of drug-likeness (QED) is 0.621. The van der Waals surface area contributed by atoms with Crippen molar-refractivity contribution in [2.75, 3.05) is 20.1 Å². The molecule has 1 aliphatic carbocycles. The van der Waals surface area contributed by atoms with E-state index in [4.69, 9.17) is 10.8 Å². The van der Waals surface area contributed by atoms with E-state index in [-0.39, 0.29) is 12.0 Å². The van der Waals surface area contributed by atoms with E-state index in [0.717, 1.165) is 25.9 Å². The lowest BCUT2D eigenvalue weighted by Gasteiger charge is -2.46. The predicted octanol–water partition coefficient (Wildman–Crippen LogP) is -0.0139. The molecule has 1 saturated carbocycles. The Morgan fingerprint density at radius 3 is 2.29 bits per heavy atom. The first-order chi connectivity index (χ1) is 6.58. The summed E-state index contributed by atoms with van der Waals surface area (Å²) in [5, 5.41) is 8.99. The summed E-state index contributed by atoms with van der Waals surface area (Å²) in [5.74, 6) is -0.0304. The summed E-state index contributed by atoms with van der Waals surface area (Å²) in [6.07, 6.45) is 1.52. The van der Waals surface area contributed by atoms with Crippen LogP contribution in [0.4, 0.5) is 0 Å². The molecule has 2 unspecified atom stereocenters. The van der Waals surface area contributed by atoms with Crippen LogP contribution in [0.1, 0.15) is 12.8 Å². The smallest absolute Gasteiger partial charge is 0.306 e. The van der Waals surface area contributed by atoms with E-state index in [1.165, 1.54) is 0 Å². The number of carboxylic acids is 1. The Hall–Kier alpha value is -0.610. The van der Waals surface area contributed by atoms with Crippen LogP contribution >= 0.6 is 0 Å². The summed E-state index contributed by atoms with van der Waals surface area (Å²) in [4.78, 5) is 13.2. The molecule has 2 bridgehead atoms. The van der Waals surface area contributed by atoms with Gasteiger partial charge >= 0.3 is 5.97 Å². The van der Waals surface area contributed by atoms with Crippen LogP contribution in [-0.4, -0.2) is 42.2 Å². The maximum Gasteiger partial charge on any atom is 0.306 e. The van der Waals surface area contributed by atoms with Crippen molar-refractivity contribution in [1.82, 2.24) is 4.90 Å². The van der Waals surface area contributed by atoms with Gasteiger partial charge in [0.1, 0.15) is 0 Å². The zero-order valence-electron chi connectivity index (χ0n) is 8.52. The molecule has 1 saturated heterocycles. The van der Waals surface area contributed by atoms with Crippen LogP contribution in [0.25, 0.3) is 0 Å². The normalized spacial score (nSPS) is 43.6. The average molecular weight is 198 g/mol. The molecule has 4 heteroatoms. The van der Waals surface area contributed by atoms with Gasteiger partial charge in [-0.1, -0.05) is 0 Å². The van der Waals surface area contributed by atoms with E-state index >= 15 is 0 Å². The highest BCUT2D eigenvalue weighted by molar-refractivity contribution is 5.70. The summed E-state index contributed by atoms with van der Waals surface area (Å²) in [5.41, 5.74) is 6.09. The second-order valence-electron chi connectivity index (χ2n) is 4.83. The number of carbonyl (C=O) groups is 1. The summed E-state index contributed by atoms with van der Waals surface area (Å²) in [6, 6.07) is 0.224. The Labute approximate surface area is 84.1 Å². The summed E-state index contributed by atoms with van der Waals surface area (Å²) in [6.45, 7) is 1.92. The van der Waals surface area contributed by atoms with E-state index in [0.29, 0.717) is 11.8 Å². The fourth-order valence-electron chi connectivity index (χ4n) is 3.00. The lowest BCUT2D eigenvalue weighted by molar-refractivity contribution is -0.145. The van der Waals surface area contributed by atoms with Crippen molar-refractivity contribution < 1.29 is 9.90 Å². The standard InChI is InChI=1S/C10H18N2O2/c1-12-4-7-2-6(10(13)14)3-8(5-12)9(7)11/h6-9H,2-5,11H2,1H3,(H,13,14). The molecule has 0 amide bonds. The number of nitrogens with zero attached hydrogens (tertiary/aromatic N) is 1. The Morgan fingerprint density at radius 1 is 1.36 bits per heavy atom. The highest BCUT2D eigenvalue weighted by Gasteiger charge is 2.42. The monoisotopic (exact) mass is 198 g/mol. The van der Waals surface area contributed by atoms with Crippen LogP contribution in [0.3, 0.4) is 0 Å². The Balaban J connectivity index is 2.09. The Kier molecular flexibility index (Phi) is 2.49. The van der Waals surface area contributed by atoms with Crippen molar-refractivity contribution in [2.24, 2.45) is 23.5 Å². The van der Waals surface area contributed by atoms with Crippen molar-refractivity contribution in [1.29, 1.82) is 0 Å². The van der Waals surface area contributed by atoms with Crippen LogP contribution < -0.4 is 5.73 Å². The first-order valence-corrected chi connectivity index (χ1v) is 5.25. The molecule has 0 radical (unpaired) electrons. The summed E-state index contributed by atoms with van der Waals surface area (Å²) in [7, 11) is 2.09. The van der Waals surface area contributed by atoms with E-state index < -0.39 is 5.97 Å². The van der Waals surface area contributed by atoms with E-state index in [1.807, 2.05) is 0 Å². The van der Waals surface area contributed by atoms with Crippen molar-refractivity contribution in [2.45, 2.75) is 18.9 Å². The maximum absolute atomic E-state index is 10.9. The van der Waals surface area contributed by atoms with Gasteiger partial charge < -0.3 is 15.7 Å². The molecule has 1 heterocycles. The van der Waals surface area contributed by atoms with Gasteiger partial charge in [-0.2, -0.15) is 0 Å². The third kappa shape index (κ3) is 1.64. The molecule has 14 heavy (non-hydrogen) atoms. The van der Waals surface area contributed by atoms with Crippen molar-refractivity contribution in [3.8, 4) is 0 Å². The predicted molar refractivity (Wildman–Crippen MR) is 52.8 cm³/mol. The molecule has 2 aliphatic rings. The number of piperidine rings is 1. The molecular formula is C10H18N2O2. The zero-order valence-corrected chi connectivity index (χ0v) is 8.52. The van der Waals surface area contributed by atoms with Crippen LogP contribution in [0.5, 0.6) is 0 Å². The molecule has 2 atom stereocenters. The SMILES string of the molecule is CN1CC2CC(C(=O)O)CC(C1)C2N. The van der Waals surface area contributed by atoms with Gasteiger partial charge in [0, 0.05) is 19.1 Å². The van der Waals surface area contributed by atoms with Gasteiger partial charge in [-0.15, -0.1) is 0 Å². The van der Waals surface area contributed by atoms with Gasteiger partial charge in [-0.05, 0) is 31.7 Å². The molecule has 80 valence electrons. The number of fused-ring (bicyclic) bond motifs is 2. The number of carboxylic acid groups (broad SMARTS) is 1. The first-order valence-electron chi connectivity index (χ1n) is 5.25. The number of likely N-dealkylation sites (tertiary alicyclic amines) is 1. The number of aliphatic carboxylic acids is 1. The van der Waals surface area contributed by atoms with Gasteiger partial charge in [0.2, 0.25) is 0 Å². The van der Waals surface area contributed by atoms with Crippen LogP contribution in [0.2, 0.25) is 0 Å². The van der Waals surface area contributed by atoms with E-state index in [2.05, 4.69) is 11.9 Å². The van der Waals surface area contributed by atoms with Crippen LogP contribution in [0, 0.1) is 17.8 Å². The molecule has 0 aromatic carbocycles. The topological polar surface area (TPSA) is 66.6 Å². The molecule has 0 spiro atoms. The van der Waals surface area contributed by atoms with Gasteiger partial charge in [-0.3, -0.25) is 4.79 Å². The largest absolute Gasteiger partial charge is 0.481 e. The number of hydrogen-bond donors (Lipinski definition) is 2. The highest BCUT2D eigenvalue weighted by Crippen LogP contribution is 2.36. The minimum Gasteiger partial charge on any atom is -0.481 e. The second kappa shape index (κ2) is 3.51. The van der Waals surface area contributed by atoms with Crippen LogP contribution in [-0.2, 0) is 4.79 Å². The molecular weight excluding hydrogens is 180 g/mol. The van der Waals surface area contributed by atoms with Crippen molar-refractivity contribution >= 4 is 5.97 Å². The summed E-state index contributed by atoms with van der Waals surface area (Å²) >= 11 is 0. The first kappa shape index (κ1) is 9.93. The zero-order chi connectivity index (χ0) is 10.3. The molecule has 0 aromatic rings. The molecule has 0 aromatic heterocycles. The lowest BCUT2D eigenvalue weighted by atomic mass is 9.69. The molecule has 2 rings (SSSR count). The van der Waals surface area contributed by atoms with Crippen molar-refractivity contribution in [3.05, 3.63) is 0 Å². The Bertz CT molecular complexity index is 228. The Morgan fingerprint density at radius 2 is 1.86 bits per heavy atom. The lowest BCUT2D eigenvalue weighted by Crippen LogP contribution is -2.56. The number of hydrogen-bond acceptors (Lipinski definition) is 3. The third-order valence-electron chi connectivity index (χ3n) is 3.70. The van der Waals surface area contributed by atoms with Gasteiger partial charge in [0.05, 0.1) is 5.92 Å². The average Bonchev–Trinajstić information content (AvgIpc) is 2.06. The van der Waals surface area contributed by atoms with E-state index in [9.17, 15) is 4.79 Å². The number of nitrogens with two attached hydrogens (primary N) is 1. The van der Waals surface area contributed by atoms with Crippen molar-refractivity contribution in [3.63, 3.8) is 0 Å². The highest BCUT2D eigenvalue weighted by atomic mass is 16.4. The third-order valence-corrected chi connectivity index (χ3v) is 3.70. The van der Waals surface area contributed by atoms with Gasteiger partial charge in [0.25, 0.3) is 0 Å². The second-order valence-corrected chi connectivity index (χ2v) is 4.83. The fourth-order valence-corrected chi connectivity index (χ4v) is 3.00. The minimum absolute atomic E-state index is 0.154. The maximum atomic E-state index is 10.9.